The minimum absolute atomic E-state index is 0.117. The third-order valence-electron chi connectivity index (χ3n) is 4.65. The molecule has 0 aliphatic carbocycles. The molecule has 4 rings (SSSR count). The van der Waals surface area contributed by atoms with Crippen LogP contribution in [0.5, 0.6) is 0 Å². The first kappa shape index (κ1) is 20.5. The van der Waals surface area contributed by atoms with Gasteiger partial charge in [0.15, 0.2) is 5.89 Å². The summed E-state index contributed by atoms with van der Waals surface area (Å²) in [6.07, 6.45) is 0.575. The molecule has 2 aromatic heterocycles. The number of aryl methyl sites for hydroxylation is 1. The first-order valence-corrected chi connectivity index (χ1v) is 11.6. The maximum absolute atomic E-state index is 12.6. The molecule has 2 aromatic carbocycles. The monoisotopic (exact) mass is 440 g/mol. The predicted octanol–water partition coefficient (Wildman–Crippen LogP) is 4.39. The number of aromatic nitrogens is 1. The van der Waals surface area contributed by atoms with E-state index in [4.69, 9.17) is 4.42 Å². The summed E-state index contributed by atoms with van der Waals surface area (Å²) in [5.41, 5.74) is 3.11. The number of nitrogens with one attached hydrogen (secondary N) is 1. The average Bonchev–Trinajstić information content (AvgIpc) is 3.44. The van der Waals surface area contributed by atoms with Crippen LogP contribution in [0.15, 0.2) is 81.6 Å². The van der Waals surface area contributed by atoms with Crippen LogP contribution in [-0.2, 0) is 10.0 Å². The molecule has 0 radical (unpaired) electrons. The summed E-state index contributed by atoms with van der Waals surface area (Å²) in [5, 5.41) is 12.4. The van der Waals surface area contributed by atoms with Gasteiger partial charge >= 0.3 is 0 Å². The number of benzene rings is 2. The van der Waals surface area contributed by atoms with E-state index in [1.54, 1.807) is 30.4 Å². The predicted molar refractivity (Wildman–Crippen MR) is 117 cm³/mol. The van der Waals surface area contributed by atoms with Gasteiger partial charge in [0.1, 0.15) is 12.0 Å². The molecule has 2 N–H and O–H groups in total. The van der Waals surface area contributed by atoms with Gasteiger partial charge in [-0.25, -0.2) is 18.1 Å². The number of sulfonamides is 1. The van der Waals surface area contributed by atoms with E-state index < -0.39 is 16.1 Å². The van der Waals surface area contributed by atoms with E-state index in [1.165, 1.54) is 18.4 Å². The van der Waals surface area contributed by atoms with Gasteiger partial charge in [-0.05, 0) is 34.7 Å². The highest BCUT2D eigenvalue weighted by molar-refractivity contribution is 7.89. The van der Waals surface area contributed by atoms with Crippen LogP contribution in [0.2, 0.25) is 0 Å². The van der Waals surface area contributed by atoms with Crippen molar-refractivity contribution in [2.75, 3.05) is 6.54 Å². The number of hydrogen-bond donors (Lipinski definition) is 2. The molecule has 0 amide bonds. The summed E-state index contributed by atoms with van der Waals surface area (Å²) in [5.74, 6) is 0.542. The van der Waals surface area contributed by atoms with Crippen LogP contribution < -0.4 is 4.72 Å². The van der Waals surface area contributed by atoms with Crippen molar-refractivity contribution < 1.29 is 17.9 Å². The third-order valence-corrected chi connectivity index (χ3v) is 7.01. The van der Waals surface area contributed by atoms with Crippen LogP contribution in [0.1, 0.15) is 17.6 Å². The molecule has 0 aliphatic rings. The lowest BCUT2D eigenvalue weighted by atomic mass is 10.1. The van der Waals surface area contributed by atoms with Crippen molar-refractivity contribution in [1.82, 2.24) is 9.71 Å². The molecule has 1 unspecified atom stereocenters. The highest BCUT2D eigenvalue weighted by Gasteiger charge is 2.17. The minimum Gasteiger partial charge on any atom is -0.449 e. The summed E-state index contributed by atoms with van der Waals surface area (Å²) >= 11 is 1.64. The van der Waals surface area contributed by atoms with Gasteiger partial charge < -0.3 is 9.52 Å². The van der Waals surface area contributed by atoms with Gasteiger partial charge in [-0.1, -0.05) is 42.5 Å². The van der Waals surface area contributed by atoms with Crippen molar-refractivity contribution in [2.45, 2.75) is 17.9 Å². The molecule has 30 heavy (non-hydrogen) atoms. The maximum Gasteiger partial charge on any atom is 0.240 e. The Bertz CT molecular complexity index is 1210. The first-order chi connectivity index (χ1) is 14.4. The quantitative estimate of drug-likeness (QED) is 0.445. The molecule has 4 aromatic rings. The van der Waals surface area contributed by atoms with Crippen LogP contribution in [0, 0.1) is 6.92 Å². The van der Waals surface area contributed by atoms with Crippen LogP contribution in [-0.4, -0.2) is 25.1 Å². The number of aliphatic hydroxyl groups excluding tert-OH is 1. The molecule has 6 nitrogen and oxygen atoms in total. The Hall–Kier alpha value is -2.78. The third kappa shape index (κ3) is 4.52. The zero-order chi connectivity index (χ0) is 21.1. The van der Waals surface area contributed by atoms with Crippen molar-refractivity contribution >= 4 is 21.4 Å². The van der Waals surface area contributed by atoms with Gasteiger partial charge in [0.05, 0.1) is 11.0 Å². The van der Waals surface area contributed by atoms with Gasteiger partial charge in [0.25, 0.3) is 0 Å². The second-order valence-electron chi connectivity index (χ2n) is 6.74. The van der Waals surface area contributed by atoms with E-state index in [1.807, 2.05) is 41.8 Å². The van der Waals surface area contributed by atoms with Crippen molar-refractivity contribution in [3.8, 4) is 21.7 Å². The van der Waals surface area contributed by atoms with Crippen molar-refractivity contribution in [1.29, 1.82) is 0 Å². The lowest BCUT2D eigenvalue weighted by Gasteiger charge is -2.13. The summed E-state index contributed by atoms with van der Waals surface area (Å²) in [7, 11) is -3.75. The summed E-state index contributed by atoms with van der Waals surface area (Å²) in [4.78, 5) is 5.48. The highest BCUT2D eigenvalue weighted by Crippen LogP contribution is 2.26. The number of rotatable bonds is 7. The van der Waals surface area contributed by atoms with Crippen molar-refractivity contribution in [3.05, 3.63) is 83.8 Å². The van der Waals surface area contributed by atoms with Crippen LogP contribution in [0.3, 0.4) is 0 Å². The number of hydrogen-bond acceptors (Lipinski definition) is 6. The molecule has 0 spiro atoms. The Kier molecular flexibility index (Phi) is 5.83. The summed E-state index contributed by atoms with van der Waals surface area (Å²) in [6, 6.07) is 17.8. The largest absolute Gasteiger partial charge is 0.449 e. The van der Waals surface area contributed by atoms with Crippen LogP contribution in [0.25, 0.3) is 21.7 Å². The molecule has 1 atom stereocenters. The smallest absolute Gasteiger partial charge is 0.240 e. The molecule has 0 bridgehead atoms. The number of aliphatic hydroxyl groups is 1. The van der Waals surface area contributed by atoms with Crippen LogP contribution >= 0.6 is 11.3 Å². The fourth-order valence-corrected chi connectivity index (χ4v) is 4.77. The number of oxazole rings is 1. The lowest BCUT2D eigenvalue weighted by molar-refractivity contribution is 0.182. The van der Waals surface area contributed by atoms with Gasteiger partial charge in [-0.15, -0.1) is 11.3 Å². The molecule has 0 saturated heterocycles. The van der Waals surface area contributed by atoms with E-state index in [9.17, 15) is 13.5 Å². The number of thiophene rings is 1. The lowest BCUT2D eigenvalue weighted by Crippen LogP contribution is -2.28. The van der Waals surface area contributed by atoms with E-state index in [0.29, 0.717) is 17.1 Å². The standard InChI is InChI=1S/C22H20N2O4S2/c1-15-24-20(14-28-15)16-8-10-19(11-9-16)30(26,27)23-13-21(25)17-4-6-18(7-5-17)22-3-2-12-29-22/h2-12,14,21,23,25H,13H2,1H3. The normalized spacial score (nSPS) is 12.7. The van der Waals surface area contributed by atoms with Crippen molar-refractivity contribution in [2.24, 2.45) is 0 Å². The second kappa shape index (κ2) is 8.53. The highest BCUT2D eigenvalue weighted by atomic mass is 32.2. The SMILES string of the molecule is Cc1nc(-c2ccc(S(=O)(=O)NCC(O)c3ccc(-c4cccs4)cc3)cc2)co1. The second-order valence-corrected chi connectivity index (χ2v) is 9.46. The fraction of sp³-hybridized carbons (Fsp3) is 0.136. The average molecular weight is 441 g/mol. The molecule has 2 heterocycles. The molecule has 0 aliphatic heterocycles. The Morgan fingerprint density at radius 1 is 1.07 bits per heavy atom. The Morgan fingerprint density at radius 2 is 1.77 bits per heavy atom. The molecular formula is C22H20N2O4S2. The number of nitrogens with zero attached hydrogens (tertiary/aromatic N) is 1. The van der Waals surface area contributed by atoms with Crippen molar-refractivity contribution in [3.63, 3.8) is 0 Å². The first-order valence-electron chi connectivity index (χ1n) is 9.26. The van der Waals surface area contributed by atoms with Gasteiger partial charge in [0.2, 0.25) is 10.0 Å². The Labute approximate surface area is 178 Å². The molecule has 0 fully saturated rings. The van der Waals surface area contributed by atoms with E-state index >= 15 is 0 Å². The fourth-order valence-electron chi connectivity index (χ4n) is 3.00. The molecule has 154 valence electrons. The molecular weight excluding hydrogens is 420 g/mol. The van der Waals surface area contributed by atoms with E-state index in [2.05, 4.69) is 9.71 Å². The zero-order valence-electron chi connectivity index (χ0n) is 16.1. The molecule has 8 heteroatoms. The Balaban J connectivity index is 1.41. The van der Waals surface area contributed by atoms with Gasteiger partial charge in [-0.3, -0.25) is 0 Å². The zero-order valence-corrected chi connectivity index (χ0v) is 17.8. The van der Waals surface area contributed by atoms with Gasteiger partial charge in [0, 0.05) is 23.9 Å². The summed E-state index contributed by atoms with van der Waals surface area (Å²) in [6.45, 7) is 1.62. The van der Waals surface area contributed by atoms with Gasteiger partial charge in [-0.2, -0.15) is 0 Å². The Morgan fingerprint density at radius 3 is 2.37 bits per heavy atom. The minimum atomic E-state index is -3.75. The topological polar surface area (TPSA) is 92.4 Å². The van der Waals surface area contributed by atoms with E-state index in [0.717, 1.165) is 16.0 Å². The maximum atomic E-state index is 12.6. The van der Waals surface area contributed by atoms with E-state index in [-0.39, 0.29) is 11.4 Å². The summed E-state index contributed by atoms with van der Waals surface area (Å²) < 4.78 is 32.8. The van der Waals surface area contributed by atoms with Crippen LogP contribution in [0.4, 0.5) is 0 Å². The molecule has 0 saturated carbocycles.